The second kappa shape index (κ2) is 10.9. The van der Waals surface area contributed by atoms with Crippen molar-refractivity contribution < 1.29 is 14.3 Å². The number of amides is 2. The van der Waals surface area contributed by atoms with E-state index in [0.717, 1.165) is 50.3 Å². The SMILES string of the molecule is Cc1nc(C)c(C(=O)N2CCC(c3nc(C(=O)NC(C)COc4c(C)cccc4C)cs3)CC2)s1. The molecule has 1 saturated heterocycles. The zero-order chi connectivity index (χ0) is 25.1. The van der Waals surface area contributed by atoms with Gasteiger partial charge in [-0.3, -0.25) is 9.59 Å². The van der Waals surface area contributed by atoms with Gasteiger partial charge in [-0.2, -0.15) is 0 Å². The largest absolute Gasteiger partial charge is 0.491 e. The summed E-state index contributed by atoms with van der Waals surface area (Å²) >= 11 is 2.98. The van der Waals surface area contributed by atoms with Gasteiger partial charge in [-0.15, -0.1) is 22.7 Å². The second-order valence-corrected chi connectivity index (χ2v) is 11.3. The summed E-state index contributed by atoms with van der Waals surface area (Å²) in [5.41, 5.74) is 3.41. The third kappa shape index (κ3) is 5.90. The van der Waals surface area contributed by atoms with Gasteiger partial charge in [0, 0.05) is 24.4 Å². The monoisotopic (exact) mass is 512 g/mol. The molecular formula is C26H32N4O3S2. The number of carbonyl (C=O) groups excluding carboxylic acids is 2. The highest BCUT2D eigenvalue weighted by Crippen LogP contribution is 2.32. The minimum absolute atomic E-state index is 0.0721. The summed E-state index contributed by atoms with van der Waals surface area (Å²) in [6.45, 7) is 11.5. The summed E-state index contributed by atoms with van der Waals surface area (Å²) in [4.78, 5) is 37.3. The Labute approximate surface area is 214 Å². The zero-order valence-electron chi connectivity index (χ0n) is 20.9. The molecule has 0 spiro atoms. The minimum Gasteiger partial charge on any atom is -0.491 e. The van der Waals surface area contributed by atoms with Crippen LogP contribution in [0, 0.1) is 27.7 Å². The fourth-order valence-corrected chi connectivity index (χ4v) is 6.22. The van der Waals surface area contributed by atoms with Gasteiger partial charge < -0.3 is 15.0 Å². The van der Waals surface area contributed by atoms with Gasteiger partial charge in [0.2, 0.25) is 0 Å². The highest BCUT2D eigenvalue weighted by molar-refractivity contribution is 7.13. The van der Waals surface area contributed by atoms with Crippen molar-refractivity contribution in [3.63, 3.8) is 0 Å². The predicted molar refractivity (Wildman–Crippen MR) is 140 cm³/mol. The Morgan fingerprint density at radius 1 is 1.14 bits per heavy atom. The highest BCUT2D eigenvalue weighted by Gasteiger charge is 2.28. The first-order chi connectivity index (χ1) is 16.7. The smallest absolute Gasteiger partial charge is 0.271 e. The number of piperidine rings is 1. The molecule has 3 heterocycles. The number of nitrogens with zero attached hydrogens (tertiary/aromatic N) is 3. The van der Waals surface area contributed by atoms with E-state index in [1.807, 2.05) is 63.1 Å². The summed E-state index contributed by atoms with van der Waals surface area (Å²) < 4.78 is 5.97. The number of aromatic nitrogens is 2. The molecule has 1 aliphatic heterocycles. The van der Waals surface area contributed by atoms with Crippen molar-refractivity contribution in [1.82, 2.24) is 20.2 Å². The first-order valence-electron chi connectivity index (χ1n) is 11.9. The number of benzene rings is 1. The maximum Gasteiger partial charge on any atom is 0.271 e. The summed E-state index contributed by atoms with van der Waals surface area (Å²) in [6.07, 6.45) is 1.69. The molecule has 7 nitrogen and oxygen atoms in total. The van der Waals surface area contributed by atoms with Crippen molar-refractivity contribution in [1.29, 1.82) is 0 Å². The Morgan fingerprint density at radius 2 is 1.83 bits per heavy atom. The molecule has 0 bridgehead atoms. The molecule has 1 unspecified atom stereocenters. The number of hydrogen-bond acceptors (Lipinski definition) is 7. The summed E-state index contributed by atoms with van der Waals surface area (Å²) in [5, 5.41) is 6.70. The van der Waals surface area contributed by atoms with Crippen LogP contribution in [-0.2, 0) is 0 Å². The maximum atomic E-state index is 12.9. The van der Waals surface area contributed by atoms with Crippen LogP contribution in [0.2, 0.25) is 0 Å². The Hall–Kier alpha value is -2.78. The number of rotatable bonds is 7. The maximum absolute atomic E-state index is 12.9. The van der Waals surface area contributed by atoms with Crippen molar-refractivity contribution >= 4 is 34.5 Å². The van der Waals surface area contributed by atoms with Gasteiger partial charge in [-0.25, -0.2) is 9.97 Å². The predicted octanol–water partition coefficient (Wildman–Crippen LogP) is 5.05. The average molecular weight is 513 g/mol. The molecule has 4 rings (SSSR count). The molecule has 1 aliphatic rings. The molecule has 2 aromatic heterocycles. The van der Waals surface area contributed by atoms with E-state index in [-0.39, 0.29) is 23.8 Å². The van der Waals surface area contributed by atoms with Gasteiger partial charge in [0.15, 0.2) is 0 Å². The molecule has 0 aliphatic carbocycles. The lowest BCUT2D eigenvalue weighted by molar-refractivity contribution is 0.0717. The van der Waals surface area contributed by atoms with Crippen LogP contribution in [0.1, 0.15) is 72.7 Å². The van der Waals surface area contributed by atoms with Crippen molar-refractivity contribution in [2.75, 3.05) is 19.7 Å². The highest BCUT2D eigenvalue weighted by atomic mass is 32.1. The minimum atomic E-state index is -0.186. The van der Waals surface area contributed by atoms with Crippen LogP contribution < -0.4 is 10.1 Å². The summed E-state index contributed by atoms with van der Waals surface area (Å²) in [6, 6.07) is 5.89. The molecular weight excluding hydrogens is 480 g/mol. The quantitative estimate of drug-likeness (QED) is 0.479. The standard InChI is InChI=1S/C26H32N4O3S2/c1-15-7-6-8-16(2)22(15)33-13-17(3)27-24(31)21-14-34-25(29-21)20-9-11-30(12-10-20)26(32)23-18(4)28-19(5)35-23/h6-8,14,17,20H,9-13H2,1-5H3,(H,27,31). The van der Waals surface area contributed by atoms with Crippen LogP contribution in [-0.4, -0.2) is 52.4 Å². The first kappa shape index (κ1) is 25.3. The number of para-hydroxylation sites is 1. The molecule has 0 radical (unpaired) electrons. The molecule has 9 heteroatoms. The van der Waals surface area contributed by atoms with Crippen LogP contribution in [0.15, 0.2) is 23.6 Å². The molecule has 1 aromatic carbocycles. The summed E-state index contributed by atoms with van der Waals surface area (Å²) in [5.74, 6) is 1.02. The van der Waals surface area contributed by atoms with Gasteiger partial charge in [-0.1, -0.05) is 18.2 Å². The van der Waals surface area contributed by atoms with E-state index in [4.69, 9.17) is 4.74 Å². The van der Waals surface area contributed by atoms with Crippen LogP contribution in [0.3, 0.4) is 0 Å². The second-order valence-electron chi connectivity index (χ2n) is 9.19. The van der Waals surface area contributed by atoms with Crippen molar-refractivity contribution in [3.05, 3.63) is 61.0 Å². The van der Waals surface area contributed by atoms with E-state index >= 15 is 0 Å². The topological polar surface area (TPSA) is 84.4 Å². The molecule has 1 fully saturated rings. The van der Waals surface area contributed by atoms with Crippen LogP contribution in [0.25, 0.3) is 0 Å². The fraction of sp³-hybridized carbons (Fsp3) is 0.462. The van der Waals surface area contributed by atoms with E-state index in [2.05, 4.69) is 15.3 Å². The molecule has 186 valence electrons. The third-order valence-corrected chi connectivity index (χ3v) is 8.32. The van der Waals surface area contributed by atoms with Gasteiger partial charge >= 0.3 is 0 Å². The lowest BCUT2D eigenvalue weighted by atomic mass is 9.97. The molecule has 1 N–H and O–H groups in total. The van der Waals surface area contributed by atoms with Crippen molar-refractivity contribution in [2.24, 2.45) is 0 Å². The number of ether oxygens (including phenoxy) is 1. The number of hydrogen-bond donors (Lipinski definition) is 1. The van der Waals surface area contributed by atoms with Crippen LogP contribution in [0.4, 0.5) is 0 Å². The number of thiazole rings is 2. The molecule has 2 amide bonds. The van der Waals surface area contributed by atoms with Gasteiger partial charge in [-0.05, 0) is 58.6 Å². The normalized spacial score (nSPS) is 15.2. The van der Waals surface area contributed by atoms with Crippen LogP contribution >= 0.6 is 22.7 Å². The van der Waals surface area contributed by atoms with Crippen molar-refractivity contribution in [2.45, 2.75) is 59.4 Å². The average Bonchev–Trinajstić information content (AvgIpc) is 3.45. The number of aryl methyl sites for hydroxylation is 4. The summed E-state index contributed by atoms with van der Waals surface area (Å²) in [7, 11) is 0. The third-order valence-electron chi connectivity index (χ3n) is 6.25. The first-order valence-corrected chi connectivity index (χ1v) is 13.6. The Bertz CT molecular complexity index is 1190. The number of carbonyl (C=O) groups is 2. The van der Waals surface area contributed by atoms with Crippen molar-refractivity contribution in [3.8, 4) is 5.75 Å². The van der Waals surface area contributed by atoms with Crippen LogP contribution in [0.5, 0.6) is 5.75 Å². The van der Waals surface area contributed by atoms with Gasteiger partial charge in [0.1, 0.15) is 22.9 Å². The zero-order valence-corrected chi connectivity index (χ0v) is 22.5. The van der Waals surface area contributed by atoms with E-state index in [9.17, 15) is 9.59 Å². The lowest BCUT2D eigenvalue weighted by Crippen LogP contribution is -2.38. The van der Waals surface area contributed by atoms with E-state index in [1.54, 1.807) is 0 Å². The van der Waals surface area contributed by atoms with Gasteiger partial charge in [0.25, 0.3) is 11.8 Å². The lowest BCUT2D eigenvalue weighted by Gasteiger charge is -2.30. The van der Waals surface area contributed by atoms with E-state index in [1.165, 1.54) is 22.7 Å². The Morgan fingerprint density at radius 3 is 2.46 bits per heavy atom. The van der Waals surface area contributed by atoms with E-state index in [0.29, 0.717) is 25.4 Å². The fourth-order valence-electron chi connectivity index (χ4n) is 4.36. The van der Waals surface area contributed by atoms with Gasteiger partial charge in [0.05, 0.1) is 21.8 Å². The Balaban J connectivity index is 1.28. The molecule has 3 aromatic rings. The molecule has 35 heavy (non-hydrogen) atoms. The Kier molecular flexibility index (Phi) is 7.86. The number of likely N-dealkylation sites (tertiary alicyclic amines) is 1. The molecule has 1 atom stereocenters. The molecule has 0 saturated carbocycles. The van der Waals surface area contributed by atoms with E-state index < -0.39 is 0 Å². The number of nitrogens with one attached hydrogen (secondary N) is 1.